The molecule has 1 rings (SSSR count). The van der Waals surface area contributed by atoms with Gasteiger partial charge in [-0.1, -0.05) is 26.0 Å². The maximum Gasteiger partial charge on any atom is 0.253 e. The summed E-state index contributed by atoms with van der Waals surface area (Å²) in [7, 11) is 0. The Hall–Kier alpha value is -1.55. The van der Waals surface area contributed by atoms with Crippen LogP contribution in [0.15, 0.2) is 24.3 Å². The Morgan fingerprint density at radius 2 is 1.94 bits per heavy atom. The fourth-order valence-corrected chi connectivity index (χ4v) is 1.54. The van der Waals surface area contributed by atoms with Crippen molar-refractivity contribution in [2.24, 2.45) is 0 Å². The van der Waals surface area contributed by atoms with E-state index in [0.717, 1.165) is 0 Å². The zero-order valence-corrected chi connectivity index (χ0v) is 10.4. The number of amides is 1. The highest BCUT2D eigenvalue weighted by Crippen LogP contribution is 2.14. The molecule has 94 valence electrons. The van der Waals surface area contributed by atoms with Crippen LogP contribution in [0.25, 0.3) is 0 Å². The van der Waals surface area contributed by atoms with Crippen molar-refractivity contribution in [1.82, 2.24) is 5.32 Å². The van der Waals surface area contributed by atoms with E-state index in [2.05, 4.69) is 5.32 Å². The van der Waals surface area contributed by atoms with Crippen LogP contribution in [0.2, 0.25) is 0 Å². The standard InChI is InChI=1S/C13H20N2O2/c1-3-13(17,4-2)9-15-12(16)10-7-5-6-8-11(10)14/h5-8,17H,3-4,9,14H2,1-2H3,(H,15,16). The summed E-state index contributed by atoms with van der Waals surface area (Å²) >= 11 is 0. The topological polar surface area (TPSA) is 75.3 Å². The van der Waals surface area contributed by atoms with Crippen LogP contribution in [-0.4, -0.2) is 23.2 Å². The molecule has 4 N–H and O–H groups in total. The molecule has 0 spiro atoms. The first-order valence-corrected chi connectivity index (χ1v) is 5.87. The van der Waals surface area contributed by atoms with Crippen molar-refractivity contribution in [3.8, 4) is 0 Å². The Kier molecular flexibility index (Phi) is 4.52. The Labute approximate surface area is 102 Å². The minimum atomic E-state index is -0.834. The number of benzene rings is 1. The van der Waals surface area contributed by atoms with Gasteiger partial charge in [0.15, 0.2) is 0 Å². The molecule has 4 nitrogen and oxygen atoms in total. The summed E-state index contributed by atoms with van der Waals surface area (Å²) < 4.78 is 0. The minimum Gasteiger partial charge on any atom is -0.398 e. The molecule has 17 heavy (non-hydrogen) atoms. The van der Waals surface area contributed by atoms with Crippen molar-refractivity contribution in [3.63, 3.8) is 0 Å². The van der Waals surface area contributed by atoms with E-state index in [1.54, 1.807) is 24.3 Å². The van der Waals surface area contributed by atoms with Gasteiger partial charge in [0, 0.05) is 12.2 Å². The van der Waals surface area contributed by atoms with Gasteiger partial charge in [-0.15, -0.1) is 0 Å². The van der Waals surface area contributed by atoms with Crippen molar-refractivity contribution in [2.45, 2.75) is 32.3 Å². The number of rotatable bonds is 5. The summed E-state index contributed by atoms with van der Waals surface area (Å²) in [4.78, 5) is 11.8. The molecule has 0 unspecified atom stereocenters. The van der Waals surface area contributed by atoms with Gasteiger partial charge in [0.1, 0.15) is 0 Å². The Balaban J connectivity index is 2.65. The predicted molar refractivity (Wildman–Crippen MR) is 68.7 cm³/mol. The quantitative estimate of drug-likeness (QED) is 0.679. The average Bonchev–Trinajstić information content (AvgIpc) is 2.36. The predicted octanol–water partition coefficient (Wildman–Crippen LogP) is 1.55. The first kappa shape index (κ1) is 13.5. The molecule has 1 aromatic rings. The number of nitrogens with one attached hydrogen (secondary N) is 1. The Morgan fingerprint density at radius 3 is 2.47 bits per heavy atom. The average molecular weight is 236 g/mol. The van der Waals surface area contributed by atoms with Crippen LogP contribution >= 0.6 is 0 Å². The molecule has 4 heteroatoms. The SMILES string of the molecule is CCC(O)(CC)CNC(=O)c1ccccc1N. The van der Waals surface area contributed by atoms with Gasteiger partial charge in [0.2, 0.25) is 0 Å². The number of hydrogen-bond donors (Lipinski definition) is 3. The summed E-state index contributed by atoms with van der Waals surface area (Å²) in [5.74, 6) is -0.247. The van der Waals surface area contributed by atoms with E-state index >= 15 is 0 Å². The molecule has 0 aromatic heterocycles. The van der Waals surface area contributed by atoms with Gasteiger partial charge >= 0.3 is 0 Å². The summed E-state index contributed by atoms with van der Waals surface area (Å²) in [5.41, 5.74) is 5.76. The third-order valence-electron chi connectivity index (χ3n) is 3.10. The molecule has 0 saturated carbocycles. The highest BCUT2D eigenvalue weighted by Gasteiger charge is 2.23. The first-order chi connectivity index (χ1) is 8.02. The van der Waals surface area contributed by atoms with E-state index in [1.807, 2.05) is 13.8 Å². The summed E-state index contributed by atoms with van der Waals surface area (Å²) in [6.07, 6.45) is 1.21. The lowest BCUT2D eigenvalue weighted by Crippen LogP contribution is -2.42. The van der Waals surface area contributed by atoms with Crippen molar-refractivity contribution in [1.29, 1.82) is 0 Å². The van der Waals surface area contributed by atoms with Gasteiger partial charge in [0.05, 0.1) is 11.2 Å². The van der Waals surface area contributed by atoms with E-state index in [-0.39, 0.29) is 12.5 Å². The summed E-state index contributed by atoms with van der Waals surface area (Å²) in [5, 5.41) is 12.8. The monoisotopic (exact) mass is 236 g/mol. The van der Waals surface area contributed by atoms with Crippen molar-refractivity contribution in [3.05, 3.63) is 29.8 Å². The first-order valence-electron chi connectivity index (χ1n) is 5.87. The molecule has 1 aromatic carbocycles. The number of carbonyl (C=O) groups excluding carboxylic acids is 1. The highest BCUT2D eigenvalue weighted by molar-refractivity contribution is 5.99. The van der Waals surface area contributed by atoms with Crippen LogP contribution in [0.4, 0.5) is 5.69 Å². The third-order valence-corrected chi connectivity index (χ3v) is 3.10. The molecular weight excluding hydrogens is 216 g/mol. The van der Waals surface area contributed by atoms with Gasteiger partial charge in [-0.2, -0.15) is 0 Å². The zero-order chi connectivity index (χ0) is 12.9. The number of aliphatic hydroxyl groups is 1. The maximum absolute atomic E-state index is 11.8. The van der Waals surface area contributed by atoms with Gasteiger partial charge < -0.3 is 16.2 Å². The molecule has 0 aliphatic rings. The minimum absolute atomic E-state index is 0.243. The fraction of sp³-hybridized carbons (Fsp3) is 0.462. The van der Waals surface area contributed by atoms with E-state index in [1.165, 1.54) is 0 Å². The van der Waals surface area contributed by atoms with Gasteiger partial charge in [-0.25, -0.2) is 0 Å². The molecule has 0 aliphatic carbocycles. The van der Waals surface area contributed by atoms with E-state index in [9.17, 15) is 9.90 Å². The van der Waals surface area contributed by atoms with Gasteiger partial charge in [-0.3, -0.25) is 4.79 Å². The van der Waals surface area contributed by atoms with Gasteiger partial charge in [-0.05, 0) is 25.0 Å². The molecule has 1 amide bonds. The molecule has 0 aliphatic heterocycles. The van der Waals surface area contributed by atoms with E-state index in [0.29, 0.717) is 24.1 Å². The second-order valence-corrected chi connectivity index (χ2v) is 4.20. The van der Waals surface area contributed by atoms with Crippen molar-refractivity contribution < 1.29 is 9.90 Å². The summed E-state index contributed by atoms with van der Waals surface area (Å²) in [6, 6.07) is 6.89. The second-order valence-electron chi connectivity index (χ2n) is 4.20. The Morgan fingerprint density at radius 1 is 1.35 bits per heavy atom. The smallest absolute Gasteiger partial charge is 0.253 e. The second kappa shape index (κ2) is 5.68. The molecule has 0 fully saturated rings. The zero-order valence-electron chi connectivity index (χ0n) is 10.4. The van der Waals surface area contributed by atoms with Crippen LogP contribution in [-0.2, 0) is 0 Å². The highest BCUT2D eigenvalue weighted by atomic mass is 16.3. The van der Waals surface area contributed by atoms with Crippen LogP contribution < -0.4 is 11.1 Å². The van der Waals surface area contributed by atoms with Crippen LogP contribution in [0.1, 0.15) is 37.0 Å². The number of nitrogen functional groups attached to an aromatic ring is 1. The third kappa shape index (κ3) is 3.46. The normalized spacial score (nSPS) is 11.2. The Bertz CT molecular complexity index is 387. The van der Waals surface area contributed by atoms with Crippen LogP contribution in [0, 0.1) is 0 Å². The number of hydrogen-bond acceptors (Lipinski definition) is 3. The lowest BCUT2D eigenvalue weighted by atomic mass is 9.97. The van der Waals surface area contributed by atoms with Crippen LogP contribution in [0.5, 0.6) is 0 Å². The number of para-hydroxylation sites is 1. The fourth-order valence-electron chi connectivity index (χ4n) is 1.54. The van der Waals surface area contributed by atoms with Crippen LogP contribution in [0.3, 0.4) is 0 Å². The molecule has 0 bridgehead atoms. The lowest BCUT2D eigenvalue weighted by molar-refractivity contribution is 0.0314. The van der Waals surface area contributed by atoms with Crippen molar-refractivity contribution >= 4 is 11.6 Å². The summed E-state index contributed by atoms with van der Waals surface area (Å²) in [6.45, 7) is 4.03. The number of carbonyl (C=O) groups is 1. The van der Waals surface area contributed by atoms with E-state index < -0.39 is 5.60 Å². The van der Waals surface area contributed by atoms with Gasteiger partial charge in [0.25, 0.3) is 5.91 Å². The number of nitrogens with two attached hydrogens (primary N) is 1. The molecule has 0 heterocycles. The molecular formula is C13H20N2O2. The molecule has 0 saturated heterocycles. The maximum atomic E-state index is 11.8. The van der Waals surface area contributed by atoms with Crippen molar-refractivity contribution in [2.75, 3.05) is 12.3 Å². The number of anilines is 1. The largest absolute Gasteiger partial charge is 0.398 e. The molecule has 0 atom stereocenters. The molecule has 0 radical (unpaired) electrons. The van der Waals surface area contributed by atoms with E-state index in [4.69, 9.17) is 5.73 Å². The lowest BCUT2D eigenvalue weighted by Gasteiger charge is -2.25.